The van der Waals surface area contributed by atoms with Crippen LogP contribution in [0.4, 0.5) is 0 Å². The van der Waals surface area contributed by atoms with Gasteiger partial charge in [-0.05, 0) is 37.8 Å². The van der Waals surface area contributed by atoms with Crippen molar-refractivity contribution in [2.24, 2.45) is 5.92 Å². The molecule has 0 radical (unpaired) electrons. The van der Waals surface area contributed by atoms with E-state index >= 15 is 0 Å². The maximum atomic E-state index is 12.5. The average molecular weight is 298 g/mol. The lowest BCUT2D eigenvalue weighted by atomic mass is 9.86. The molecule has 0 N–H and O–H groups in total. The zero-order valence-electron chi connectivity index (χ0n) is 13.5. The smallest absolute Gasteiger partial charge is 0.299 e. The number of hydrogen-bond acceptors (Lipinski definition) is 1. The first kappa shape index (κ1) is 15.1. The molecule has 3 heteroatoms. The van der Waals surface area contributed by atoms with E-state index in [1.165, 1.54) is 44.1 Å². The van der Waals surface area contributed by atoms with Gasteiger partial charge in [-0.1, -0.05) is 49.8 Å². The number of hydrogen-bond donors (Lipinski definition) is 0. The van der Waals surface area contributed by atoms with Crippen molar-refractivity contribution in [1.29, 1.82) is 0 Å². The second-order valence-corrected chi connectivity index (χ2v) is 6.63. The number of rotatable bonds is 5. The van der Waals surface area contributed by atoms with Crippen LogP contribution >= 0.6 is 0 Å². The van der Waals surface area contributed by atoms with E-state index in [9.17, 15) is 4.79 Å². The second kappa shape index (κ2) is 6.99. The molecule has 1 heterocycles. The number of nitrogens with zero attached hydrogens (tertiary/aromatic N) is 2. The highest BCUT2D eigenvalue weighted by molar-refractivity contribution is 5.34. The van der Waals surface area contributed by atoms with Crippen LogP contribution in [-0.4, -0.2) is 9.13 Å². The van der Waals surface area contributed by atoms with Gasteiger partial charge in [0.05, 0.1) is 5.69 Å². The molecule has 0 amide bonds. The van der Waals surface area contributed by atoms with Gasteiger partial charge in [-0.15, -0.1) is 0 Å². The minimum atomic E-state index is 0.0764. The summed E-state index contributed by atoms with van der Waals surface area (Å²) in [6, 6.07) is 8.09. The molecule has 22 heavy (non-hydrogen) atoms. The molecule has 3 nitrogen and oxygen atoms in total. The van der Waals surface area contributed by atoms with Gasteiger partial charge < -0.3 is 0 Å². The Morgan fingerprint density at radius 1 is 1.05 bits per heavy atom. The summed E-state index contributed by atoms with van der Waals surface area (Å²) < 4.78 is 3.59. The third-order valence-corrected chi connectivity index (χ3v) is 4.90. The molecule has 0 atom stereocenters. The van der Waals surface area contributed by atoms with E-state index in [1.54, 1.807) is 4.57 Å². The van der Waals surface area contributed by atoms with Crippen molar-refractivity contribution in [2.75, 3.05) is 0 Å². The molecule has 0 unspecified atom stereocenters. The maximum absolute atomic E-state index is 12.5. The van der Waals surface area contributed by atoms with Gasteiger partial charge in [0.1, 0.15) is 0 Å². The van der Waals surface area contributed by atoms with Crippen molar-refractivity contribution in [3.63, 3.8) is 0 Å². The standard InChI is InChI=1S/C19H26N2O/c1-16-9-11-18(12-10-16)21-15-14-20(19(21)22)13-5-8-17-6-3-2-4-7-17/h9-12,14-15,17H,2-8,13H2,1H3. The van der Waals surface area contributed by atoms with Crippen molar-refractivity contribution in [3.05, 3.63) is 52.7 Å². The Labute approximate surface area is 132 Å². The van der Waals surface area contributed by atoms with Crippen molar-refractivity contribution in [1.82, 2.24) is 9.13 Å². The molecule has 1 fully saturated rings. The molecule has 1 aromatic carbocycles. The van der Waals surface area contributed by atoms with Gasteiger partial charge in [0.15, 0.2) is 0 Å². The van der Waals surface area contributed by atoms with Gasteiger partial charge in [-0.2, -0.15) is 0 Å². The van der Waals surface area contributed by atoms with Gasteiger partial charge in [-0.25, -0.2) is 4.79 Å². The first-order chi connectivity index (χ1) is 10.7. The van der Waals surface area contributed by atoms with Crippen LogP contribution < -0.4 is 5.69 Å². The fourth-order valence-electron chi connectivity index (χ4n) is 3.51. The van der Waals surface area contributed by atoms with Crippen molar-refractivity contribution < 1.29 is 0 Å². The number of aromatic nitrogens is 2. The Morgan fingerprint density at radius 2 is 1.77 bits per heavy atom. The molecule has 1 saturated carbocycles. The number of benzene rings is 1. The first-order valence-corrected chi connectivity index (χ1v) is 8.59. The van der Waals surface area contributed by atoms with E-state index < -0.39 is 0 Å². The molecular formula is C19H26N2O. The largest absolute Gasteiger partial charge is 0.332 e. The average Bonchev–Trinajstić information content (AvgIpc) is 2.90. The fraction of sp³-hybridized carbons (Fsp3) is 0.526. The first-order valence-electron chi connectivity index (χ1n) is 8.59. The van der Waals surface area contributed by atoms with Crippen LogP contribution in [0.5, 0.6) is 0 Å². The Hall–Kier alpha value is -1.77. The highest BCUT2D eigenvalue weighted by Crippen LogP contribution is 2.27. The Bertz CT molecular complexity index is 645. The molecule has 1 aliphatic rings. The molecule has 0 bridgehead atoms. The van der Waals surface area contributed by atoms with E-state index in [0.717, 1.165) is 24.6 Å². The third-order valence-electron chi connectivity index (χ3n) is 4.90. The lowest BCUT2D eigenvalue weighted by Gasteiger charge is -2.21. The van der Waals surface area contributed by atoms with Crippen LogP contribution in [0.1, 0.15) is 50.5 Å². The molecule has 118 valence electrons. The van der Waals surface area contributed by atoms with Crippen LogP contribution in [0.3, 0.4) is 0 Å². The Morgan fingerprint density at radius 3 is 2.50 bits per heavy atom. The summed E-state index contributed by atoms with van der Waals surface area (Å²) in [6.45, 7) is 2.90. The molecule has 0 spiro atoms. The zero-order valence-corrected chi connectivity index (χ0v) is 13.5. The van der Waals surface area contributed by atoms with Crippen LogP contribution in [-0.2, 0) is 6.54 Å². The predicted molar refractivity (Wildman–Crippen MR) is 90.6 cm³/mol. The highest BCUT2D eigenvalue weighted by Gasteiger charge is 2.13. The lowest BCUT2D eigenvalue weighted by Crippen LogP contribution is -2.23. The van der Waals surface area contributed by atoms with Gasteiger partial charge in [0, 0.05) is 18.9 Å². The Balaban J connectivity index is 1.61. The topological polar surface area (TPSA) is 26.9 Å². The van der Waals surface area contributed by atoms with Crippen molar-refractivity contribution in [3.8, 4) is 5.69 Å². The summed E-state index contributed by atoms with van der Waals surface area (Å²) in [6.07, 6.45) is 13.2. The molecule has 0 saturated heterocycles. The van der Waals surface area contributed by atoms with E-state index in [0.29, 0.717) is 0 Å². The van der Waals surface area contributed by atoms with Gasteiger partial charge >= 0.3 is 5.69 Å². The molecule has 0 aliphatic heterocycles. The lowest BCUT2D eigenvalue weighted by molar-refractivity contribution is 0.325. The molecule has 1 aromatic heterocycles. The van der Waals surface area contributed by atoms with Gasteiger partial charge in [0.25, 0.3) is 0 Å². The van der Waals surface area contributed by atoms with E-state index in [-0.39, 0.29) is 5.69 Å². The van der Waals surface area contributed by atoms with Crippen molar-refractivity contribution in [2.45, 2.75) is 58.4 Å². The van der Waals surface area contributed by atoms with E-state index in [1.807, 2.05) is 41.2 Å². The normalized spacial score (nSPS) is 16.0. The van der Waals surface area contributed by atoms with Crippen molar-refractivity contribution >= 4 is 0 Å². The summed E-state index contributed by atoms with van der Waals surface area (Å²) in [5.41, 5.74) is 2.23. The second-order valence-electron chi connectivity index (χ2n) is 6.63. The van der Waals surface area contributed by atoms with E-state index in [2.05, 4.69) is 6.92 Å². The minimum absolute atomic E-state index is 0.0764. The van der Waals surface area contributed by atoms with Crippen LogP contribution in [0.25, 0.3) is 5.69 Å². The fourth-order valence-corrected chi connectivity index (χ4v) is 3.51. The molecular weight excluding hydrogens is 272 g/mol. The summed E-state index contributed by atoms with van der Waals surface area (Å²) >= 11 is 0. The quantitative estimate of drug-likeness (QED) is 0.808. The van der Waals surface area contributed by atoms with Gasteiger partial charge in [-0.3, -0.25) is 9.13 Å². The number of aryl methyl sites for hydroxylation is 2. The minimum Gasteiger partial charge on any atom is -0.299 e. The van der Waals surface area contributed by atoms with Crippen LogP contribution in [0.15, 0.2) is 41.5 Å². The zero-order chi connectivity index (χ0) is 15.4. The predicted octanol–water partition coefficient (Wildman–Crippen LogP) is 4.31. The highest BCUT2D eigenvalue weighted by atomic mass is 16.1. The monoisotopic (exact) mass is 298 g/mol. The van der Waals surface area contributed by atoms with Gasteiger partial charge in [0.2, 0.25) is 0 Å². The SMILES string of the molecule is Cc1ccc(-n2ccn(CCCC3CCCCC3)c2=O)cc1. The molecule has 2 aromatic rings. The van der Waals surface area contributed by atoms with Crippen LogP contribution in [0.2, 0.25) is 0 Å². The maximum Gasteiger partial charge on any atom is 0.332 e. The Kier molecular flexibility index (Phi) is 4.81. The molecule has 1 aliphatic carbocycles. The summed E-state index contributed by atoms with van der Waals surface area (Å²) in [5.74, 6) is 0.892. The third kappa shape index (κ3) is 3.52. The summed E-state index contributed by atoms with van der Waals surface area (Å²) in [4.78, 5) is 12.5. The van der Waals surface area contributed by atoms with Crippen LogP contribution in [0, 0.1) is 12.8 Å². The summed E-state index contributed by atoms with van der Waals surface area (Å²) in [7, 11) is 0. The molecule has 3 rings (SSSR count). The van der Waals surface area contributed by atoms with E-state index in [4.69, 9.17) is 0 Å². The number of imidazole rings is 1. The summed E-state index contributed by atoms with van der Waals surface area (Å²) in [5, 5.41) is 0.